The maximum absolute atomic E-state index is 12.3. The first kappa shape index (κ1) is 17.1. The smallest absolute Gasteiger partial charge is 0.231 e. The second kappa shape index (κ2) is 7.92. The van der Waals surface area contributed by atoms with Gasteiger partial charge in [0.05, 0.1) is 18.9 Å². The highest BCUT2D eigenvalue weighted by atomic mass is 16.5. The number of carbonyl (C=O) groups is 2. The molecule has 1 fully saturated rings. The van der Waals surface area contributed by atoms with Crippen molar-refractivity contribution in [2.45, 2.75) is 32.7 Å². The number of amides is 2. The first-order chi connectivity index (χ1) is 12.2. The van der Waals surface area contributed by atoms with Crippen molar-refractivity contribution in [1.82, 2.24) is 20.4 Å². The Kier molecular flexibility index (Phi) is 5.42. The number of rotatable bonds is 6. The van der Waals surface area contributed by atoms with Gasteiger partial charge in [-0.2, -0.15) is 4.98 Å². The van der Waals surface area contributed by atoms with Gasteiger partial charge in [0.1, 0.15) is 0 Å². The number of aromatic nitrogens is 2. The third-order valence-corrected chi connectivity index (χ3v) is 4.38. The van der Waals surface area contributed by atoms with Gasteiger partial charge < -0.3 is 14.7 Å². The van der Waals surface area contributed by atoms with Crippen LogP contribution in [0.1, 0.15) is 37.0 Å². The first-order valence-corrected chi connectivity index (χ1v) is 8.56. The Hall–Kier alpha value is -2.70. The third-order valence-electron chi connectivity index (χ3n) is 4.38. The molecule has 1 N–H and O–H groups in total. The van der Waals surface area contributed by atoms with Gasteiger partial charge in [-0.05, 0) is 18.9 Å². The third kappa shape index (κ3) is 4.43. The van der Waals surface area contributed by atoms with Crippen LogP contribution in [0.2, 0.25) is 0 Å². The van der Waals surface area contributed by atoms with E-state index in [4.69, 9.17) is 4.52 Å². The molecule has 1 aliphatic rings. The molecule has 0 aliphatic carbocycles. The number of nitrogens with one attached hydrogen (secondary N) is 1. The van der Waals surface area contributed by atoms with Crippen molar-refractivity contribution in [3.05, 3.63) is 47.6 Å². The zero-order chi connectivity index (χ0) is 17.6. The average Bonchev–Trinajstić information content (AvgIpc) is 3.08. The number of nitrogens with zero attached hydrogens (tertiary/aromatic N) is 3. The van der Waals surface area contributed by atoms with E-state index in [0.717, 1.165) is 5.56 Å². The van der Waals surface area contributed by atoms with E-state index in [1.807, 2.05) is 37.3 Å². The Balaban J connectivity index is 1.50. The van der Waals surface area contributed by atoms with Crippen molar-refractivity contribution < 1.29 is 14.1 Å². The van der Waals surface area contributed by atoms with Gasteiger partial charge in [0.15, 0.2) is 5.82 Å². The number of hydrogen-bond acceptors (Lipinski definition) is 5. The van der Waals surface area contributed by atoms with E-state index in [2.05, 4.69) is 15.5 Å². The minimum absolute atomic E-state index is 0.0691. The molecule has 132 valence electrons. The maximum Gasteiger partial charge on any atom is 0.231 e. The Morgan fingerprint density at radius 2 is 2.16 bits per heavy atom. The van der Waals surface area contributed by atoms with Gasteiger partial charge >= 0.3 is 0 Å². The normalized spacial score (nSPS) is 17.6. The largest absolute Gasteiger partial charge is 0.348 e. The summed E-state index contributed by atoms with van der Waals surface area (Å²) in [5, 5.41) is 6.75. The summed E-state index contributed by atoms with van der Waals surface area (Å²) in [6.07, 6.45) is 1.58. The second-order valence-electron chi connectivity index (χ2n) is 6.15. The van der Waals surface area contributed by atoms with Crippen molar-refractivity contribution in [2.75, 3.05) is 13.1 Å². The standard InChI is InChI=1S/C18H22N4O3/c1-2-22-12-14(8-9-17(22)23)18(24)19-11-15-20-16(25-21-15)10-13-6-4-3-5-7-13/h3-7,14H,2,8-12H2,1H3,(H,19,24)/t14-/m0/s1. The summed E-state index contributed by atoms with van der Waals surface area (Å²) in [6, 6.07) is 9.87. The molecule has 2 amide bonds. The lowest BCUT2D eigenvalue weighted by Gasteiger charge is -2.30. The van der Waals surface area contributed by atoms with Crippen LogP contribution in [-0.2, 0) is 22.6 Å². The molecule has 0 saturated carbocycles. The van der Waals surface area contributed by atoms with E-state index in [1.54, 1.807) is 4.90 Å². The first-order valence-electron chi connectivity index (χ1n) is 8.56. The molecule has 0 unspecified atom stereocenters. The number of carbonyl (C=O) groups excluding carboxylic acids is 2. The van der Waals surface area contributed by atoms with E-state index in [1.165, 1.54) is 0 Å². The monoisotopic (exact) mass is 342 g/mol. The van der Waals surface area contributed by atoms with E-state index in [9.17, 15) is 9.59 Å². The van der Waals surface area contributed by atoms with Gasteiger partial charge in [-0.3, -0.25) is 9.59 Å². The molecule has 1 aromatic carbocycles. The van der Waals surface area contributed by atoms with Crippen LogP contribution in [0.3, 0.4) is 0 Å². The van der Waals surface area contributed by atoms with Crippen LogP contribution in [0.4, 0.5) is 0 Å². The molecule has 1 atom stereocenters. The number of likely N-dealkylation sites (tertiary alicyclic amines) is 1. The zero-order valence-corrected chi connectivity index (χ0v) is 14.3. The van der Waals surface area contributed by atoms with Gasteiger partial charge in [-0.1, -0.05) is 35.5 Å². The molecule has 0 bridgehead atoms. The molecular formula is C18H22N4O3. The number of benzene rings is 1. The summed E-state index contributed by atoms with van der Waals surface area (Å²) >= 11 is 0. The molecule has 1 aliphatic heterocycles. The molecule has 2 aromatic rings. The highest BCUT2D eigenvalue weighted by molar-refractivity contribution is 5.83. The van der Waals surface area contributed by atoms with Crippen LogP contribution in [0, 0.1) is 5.92 Å². The highest BCUT2D eigenvalue weighted by Gasteiger charge is 2.29. The minimum atomic E-state index is -0.173. The van der Waals surface area contributed by atoms with Crippen LogP contribution in [0.15, 0.2) is 34.9 Å². The van der Waals surface area contributed by atoms with Gasteiger partial charge in [0.25, 0.3) is 0 Å². The van der Waals surface area contributed by atoms with Gasteiger partial charge in [-0.15, -0.1) is 0 Å². The van der Waals surface area contributed by atoms with Crippen molar-refractivity contribution >= 4 is 11.8 Å². The molecule has 1 aromatic heterocycles. The molecule has 0 spiro atoms. The molecule has 1 saturated heterocycles. The van der Waals surface area contributed by atoms with E-state index >= 15 is 0 Å². The Morgan fingerprint density at radius 1 is 1.36 bits per heavy atom. The lowest BCUT2D eigenvalue weighted by Crippen LogP contribution is -2.45. The van der Waals surface area contributed by atoms with Crippen LogP contribution < -0.4 is 5.32 Å². The molecule has 7 heteroatoms. The van der Waals surface area contributed by atoms with E-state index < -0.39 is 0 Å². The van der Waals surface area contributed by atoms with Gasteiger partial charge in [0, 0.05) is 19.5 Å². The second-order valence-corrected chi connectivity index (χ2v) is 6.15. The summed E-state index contributed by atoms with van der Waals surface area (Å²) in [5.41, 5.74) is 1.09. The SMILES string of the molecule is CCN1C[C@@H](C(=O)NCc2noc(Cc3ccccc3)n2)CCC1=O. The Labute approximate surface area is 146 Å². The summed E-state index contributed by atoms with van der Waals surface area (Å²) in [5.74, 6) is 0.860. The van der Waals surface area contributed by atoms with E-state index in [0.29, 0.717) is 44.1 Å². The van der Waals surface area contributed by atoms with E-state index in [-0.39, 0.29) is 24.3 Å². The fourth-order valence-corrected chi connectivity index (χ4v) is 2.95. The Morgan fingerprint density at radius 3 is 2.92 bits per heavy atom. The Bertz CT molecular complexity index is 729. The van der Waals surface area contributed by atoms with Crippen molar-refractivity contribution in [2.24, 2.45) is 5.92 Å². The molecular weight excluding hydrogens is 320 g/mol. The van der Waals surface area contributed by atoms with Gasteiger partial charge in [-0.25, -0.2) is 0 Å². The number of hydrogen-bond donors (Lipinski definition) is 1. The molecule has 25 heavy (non-hydrogen) atoms. The summed E-state index contributed by atoms with van der Waals surface area (Å²) < 4.78 is 5.23. The summed E-state index contributed by atoms with van der Waals surface area (Å²) in [7, 11) is 0. The minimum Gasteiger partial charge on any atom is -0.348 e. The fraction of sp³-hybridized carbons (Fsp3) is 0.444. The molecule has 7 nitrogen and oxygen atoms in total. The lowest BCUT2D eigenvalue weighted by atomic mass is 9.96. The maximum atomic E-state index is 12.3. The lowest BCUT2D eigenvalue weighted by molar-refractivity contribution is -0.138. The van der Waals surface area contributed by atoms with Crippen LogP contribution >= 0.6 is 0 Å². The van der Waals surface area contributed by atoms with Crippen LogP contribution in [0.25, 0.3) is 0 Å². The fourth-order valence-electron chi connectivity index (χ4n) is 2.95. The molecule has 3 rings (SSSR count). The zero-order valence-electron chi connectivity index (χ0n) is 14.3. The topological polar surface area (TPSA) is 88.3 Å². The van der Waals surface area contributed by atoms with Crippen LogP contribution in [0.5, 0.6) is 0 Å². The van der Waals surface area contributed by atoms with Gasteiger partial charge in [0.2, 0.25) is 17.7 Å². The highest BCUT2D eigenvalue weighted by Crippen LogP contribution is 2.17. The predicted octanol–water partition coefficient (Wildman–Crippen LogP) is 1.54. The molecule has 2 heterocycles. The summed E-state index contributed by atoms with van der Waals surface area (Å²) in [4.78, 5) is 30.0. The van der Waals surface area contributed by atoms with Crippen LogP contribution in [-0.4, -0.2) is 39.9 Å². The quantitative estimate of drug-likeness (QED) is 0.860. The number of piperidine rings is 1. The van der Waals surface area contributed by atoms with Crippen molar-refractivity contribution in [3.63, 3.8) is 0 Å². The predicted molar refractivity (Wildman–Crippen MR) is 90.4 cm³/mol. The average molecular weight is 342 g/mol. The summed E-state index contributed by atoms with van der Waals surface area (Å²) in [6.45, 7) is 3.27. The molecule has 0 radical (unpaired) electrons. The van der Waals surface area contributed by atoms with Crippen molar-refractivity contribution in [1.29, 1.82) is 0 Å². The van der Waals surface area contributed by atoms with Crippen molar-refractivity contribution in [3.8, 4) is 0 Å².